The second-order valence-electron chi connectivity index (χ2n) is 2.46. The van der Waals surface area contributed by atoms with Gasteiger partial charge < -0.3 is 10.3 Å². The van der Waals surface area contributed by atoms with Gasteiger partial charge in [0.25, 0.3) is 0 Å². The van der Waals surface area contributed by atoms with Crippen molar-refractivity contribution in [2.75, 3.05) is 6.54 Å². The average Bonchev–Trinajstić information content (AvgIpc) is 2.55. The Bertz CT molecular complexity index is 298. The Morgan fingerprint density at radius 1 is 1.45 bits per heavy atom. The van der Waals surface area contributed by atoms with Gasteiger partial charge in [0.05, 0.1) is 17.9 Å². The van der Waals surface area contributed by atoms with Crippen molar-refractivity contribution in [3.8, 4) is 0 Å². The third-order valence-corrected chi connectivity index (χ3v) is 1.65. The van der Waals surface area contributed by atoms with Crippen LogP contribution in [0.5, 0.6) is 0 Å². The van der Waals surface area contributed by atoms with Crippen molar-refractivity contribution in [2.45, 2.75) is 0 Å². The largest absolute Gasteiger partial charge is 0.376 e. The average molecular weight is 148 g/mol. The Balaban J connectivity index is 2.31. The molecule has 1 aromatic rings. The highest BCUT2D eigenvalue weighted by Crippen LogP contribution is 2.11. The molecule has 0 saturated heterocycles. The number of carbonyl (C=O) groups excluding carboxylic acids is 1. The summed E-state index contributed by atoms with van der Waals surface area (Å²) < 4.78 is 0. The van der Waals surface area contributed by atoms with Crippen molar-refractivity contribution >= 4 is 11.5 Å². The molecular weight excluding hydrogens is 140 g/mol. The third-order valence-electron chi connectivity index (χ3n) is 1.65. The molecule has 3 nitrogen and oxygen atoms in total. The molecule has 3 heteroatoms. The van der Waals surface area contributed by atoms with Crippen LogP contribution >= 0.6 is 0 Å². The van der Waals surface area contributed by atoms with Crippen molar-refractivity contribution in [1.29, 1.82) is 0 Å². The van der Waals surface area contributed by atoms with Gasteiger partial charge in [-0.3, -0.25) is 4.79 Å². The minimum atomic E-state index is 0.134. The monoisotopic (exact) mass is 148 g/mol. The number of ketones is 1. The molecular formula is C8H8N2O. The molecule has 56 valence electrons. The van der Waals surface area contributed by atoms with Gasteiger partial charge in [0.2, 0.25) is 0 Å². The molecule has 1 aliphatic rings. The molecule has 2 rings (SSSR count). The Morgan fingerprint density at radius 2 is 2.36 bits per heavy atom. The van der Waals surface area contributed by atoms with Crippen LogP contribution < -0.4 is 5.32 Å². The minimum Gasteiger partial charge on any atom is -0.376 e. The van der Waals surface area contributed by atoms with E-state index in [9.17, 15) is 4.79 Å². The quantitative estimate of drug-likeness (QED) is 0.610. The normalized spacial score (nSPS) is 16.4. The molecule has 0 atom stereocenters. The van der Waals surface area contributed by atoms with Gasteiger partial charge in [-0.2, -0.15) is 0 Å². The first-order chi connectivity index (χ1) is 5.36. The number of H-pyrrole nitrogens is 1. The fraction of sp³-hybridized carbons (Fsp3) is 0.125. The predicted molar refractivity (Wildman–Crippen MR) is 41.8 cm³/mol. The highest BCUT2D eigenvalue weighted by atomic mass is 16.1. The molecule has 0 aliphatic carbocycles. The molecule has 0 bridgehead atoms. The van der Waals surface area contributed by atoms with Crippen LogP contribution in [-0.2, 0) is 4.79 Å². The lowest BCUT2D eigenvalue weighted by molar-refractivity contribution is -0.113. The van der Waals surface area contributed by atoms with E-state index in [1.807, 2.05) is 18.3 Å². The lowest BCUT2D eigenvalue weighted by Crippen LogP contribution is -2.10. The van der Waals surface area contributed by atoms with Gasteiger partial charge in [-0.25, -0.2) is 0 Å². The van der Waals surface area contributed by atoms with Crippen molar-refractivity contribution in [2.24, 2.45) is 0 Å². The molecule has 0 aromatic carbocycles. The molecule has 0 unspecified atom stereocenters. The molecule has 0 saturated carbocycles. The summed E-state index contributed by atoms with van der Waals surface area (Å²) in [4.78, 5) is 13.8. The molecule has 0 fully saturated rings. The summed E-state index contributed by atoms with van der Waals surface area (Å²) in [7, 11) is 0. The standard InChI is InChI=1S/C8H8N2O/c11-6-4-8(10-5-6)7-2-1-3-9-7/h1-4,9-10H,5H2. The molecule has 2 N–H and O–H groups in total. The van der Waals surface area contributed by atoms with E-state index in [-0.39, 0.29) is 5.78 Å². The maximum absolute atomic E-state index is 10.8. The molecule has 11 heavy (non-hydrogen) atoms. The van der Waals surface area contributed by atoms with E-state index in [4.69, 9.17) is 0 Å². The first kappa shape index (κ1) is 6.22. The van der Waals surface area contributed by atoms with E-state index >= 15 is 0 Å². The van der Waals surface area contributed by atoms with Crippen LogP contribution in [-0.4, -0.2) is 17.3 Å². The Kier molecular flexibility index (Phi) is 1.28. The van der Waals surface area contributed by atoms with Gasteiger partial charge in [-0.15, -0.1) is 0 Å². The van der Waals surface area contributed by atoms with Crippen LogP contribution in [0.1, 0.15) is 5.69 Å². The van der Waals surface area contributed by atoms with Crippen LogP contribution in [0.3, 0.4) is 0 Å². The summed E-state index contributed by atoms with van der Waals surface area (Å²) in [6, 6.07) is 3.83. The highest BCUT2D eigenvalue weighted by molar-refractivity contribution is 6.01. The van der Waals surface area contributed by atoms with Crippen molar-refractivity contribution in [3.05, 3.63) is 30.1 Å². The summed E-state index contributed by atoms with van der Waals surface area (Å²) >= 11 is 0. The zero-order valence-corrected chi connectivity index (χ0v) is 5.92. The molecule has 0 amide bonds. The van der Waals surface area contributed by atoms with E-state index in [1.54, 1.807) is 6.08 Å². The van der Waals surface area contributed by atoms with E-state index in [0.29, 0.717) is 6.54 Å². The predicted octanol–water partition coefficient (Wildman–Crippen LogP) is 0.528. The fourth-order valence-electron chi connectivity index (χ4n) is 1.12. The number of carbonyl (C=O) groups is 1. The van der Waals surface area contributed by atoms with Crippen LogP contribution in [0.25, 0.3) is 5.70 Å². The van der Waals surface area contributed by atoms with E-state index < -0.39 is 0 Å². The summed E-state index contributed by atoms with van der Waals surface area (Å²) in [5.41, 5.74) is 1.86. The van der Waals surface area contributed by atoms with Gasteiger partial charge in [-0.1, -0.05) is 0 Å². The lowest BCUT2D eigenvalue weighted by Gasteiger charge is -1.97. The SMILES string of the molecule is O=C1C=C(c2ccc[nH]2)NC1. The maximum atomic E-state index is 10.8. The van der Waals surface area contributed by atoms with Gasteiger partial charge in [0.1, 0.15) is 0 Å². The van der Waals surface area contributed by atoms with Crippen LogP contribution in [0.2, 0.25) is 0 Å². The summed E-state index contributed by atoms with van der Waals surface area (Å²) in [6.45, 7) is 0.425. The Labute approximate surface area is 64.1 Å². The molecule has 0 radical (unpaired) electrons. The van der Waals surface area contributed by atoms with Crippen LogP contribution in [0.4, 0.5) is 0 Å². The number of hydrogen-bond donors (Lipinski definition) is 2. The van der Waals surface area contributed by atoms with Gasteiger partial charge in [-0.05, 0) is 12.1 Å². The number of aromatic nitrogens is 1. The Hall–Kier alpha value is -1.51. The summed E-state index contributed by atoms with van der Waals surface area (Å²) in [5, 5.41) is 2.99. The third kappa shape index (κ3) is 1.05. The minimum absolute atomic E-state index is 0.134. The zero-order valence-electron chi connectivity index (χ0n) is 5.92. The first-order valence-corrected chi connectivity index (χ1v) is 3.48. The van der Waals surface area contributed by atoms with Gasteiger partial charge in [0, 0.05) is 12.3 Å². The van der Waals surface area contributed by atoms with E-state index in [2.05, 4.69) is 10.3 Å². The topological polar surface area (TPSA) is 44.9 Å². The lowest BCUT2D eigenvalue weighted by atomic mass is 10.3. The zero-order chi connectivity index (χ0) is 7.68. The number of aromatic amines is 1. The van der Waals surface area contributed by atoms with Crippen LogP contribution in [0, 0.1) is 0 Å². The van der Waals surface area contributed by atoms with E-state index in [0.717, 1.165) is 11.4 Å². The van der Waals surface area contributed by atoms with Crippen LogP contribution in [0.15, 0.2) is 24.4 Å². The number of hydrogen-bond acceptors (Lipinski definition) is 2. The fourth-order valence-corrected chi connectivity index (χ4v) is 1.12. The highest BCUT2D eigenvalue weighted by Gasteiger charge is 2.11. The number of rotatable bonds is 1. The smallest absolute Gasteiger partial charge is 0.176 e. The number of nitrogens with one attached hydrogen (secondary N) is 2. The second kappa shape index (κ2) is 2.27. The van der Waals surface area contributed by atoms with E-state index in [1.165, 1.54) is 0 Å². The summed E-state index contributed by atoms with van der Waals surface area (Å²) in [6.07, 6.45) is 3.45. The maximum Gasteiger partial charge on any atom is 0.176 e. The molecule has 1 aromatic heterocycles. The van der Waals surface area contributed by atoms with Gasteiger partial charge >= 0.3 is 0 Å². The second-order valence-corrected chi connectivity index (χ2v) is 2.46. The molecule has 1 aliphatic heterocycles. The summed E-state index contributed by atoms with van der Waals surface area (Å²) in [5.74, 6) is 0.134. The van der Waals surface area contributed by atoms with Gasteiger partial charge in [0.15, 0.2) is 5.78 Å². The molecule has 0 spiro atoms. The first-order valence-electron chi connectivity index (χ1n) is 3.48. The Morgan fingerprint density at radius 3 is 2.91 bits per heavy atom. The van der Waals surface area contributed by atoms with Crippen molar-refractivity contribution in [3.63, 3.8) is 0 Å². The van der Waals surface area contributed by atoms with Crippen molar-refractivity contribution < 1.29 is 4.79 Å². The van der Waals surface area contributed by atoms with Crippen molar-refractivity contribution in [1.82, 2.24) is 10.3 Å². The molecule has 2 heterocycles.